The van der Waals surface area contributed by atoms with Crippen LogP contribution in [0.5, 0.6) is 5.75 Å². The van der Waals surface area contributed by atoms with Crippen molar-refractivity contribution in [3.63, 3.8) is 0 Å². The summed E-state index contributed by atoms with van der Waals surface area (Å²) >= 11 is 0. The number of carbonyl (C=O) groups excluding carboxylic acids is 2. The Morgan fingerprint density at radius 1 is 1.00 bits per heavy atom. The van der Waals surface area contributed by atoms with E-state index < -0.39 is 10.0 Å². The van der Waals surface area contributed by atoms with Gasteiger partial charge in [-0.1, -0.05) is 39.0 Å². The van der Waals surface area contributed by atoms with Crippen LogP contribution in [0.4, 0.5) is 11.4 Å². The van der Waals surface area contributed by atoms with Gasteiger partial charge in [0.2, 0.25) is 15.9 Å². The quantitative estimate of drug-likeness (QED) is 0.377. The van der Waals surface area contributed by atoms with Crippen LogP contribution in [-0.4, -0.2) is 99.2 Å². The molecule has 5 rings (SSSR count). The second-order valence-electron chi connectivity index (χ2n) is 13.8. The predicted octanol–water partition coefficient (Wildman–Crippen LogP) is 4.09. The number of para-hydroxylation sites is 1. The molecule has 1 atom stereocenters. The van der Waals surface area contributed by atoms with Gasteiger partial charge < -0.3 is 24.4 Å². The fraction of sp³-hybridized carbons (Fsp3) is 0.529. The molecular formula is C34H48N6O5S. The van der Waals surface area contributed by atoms with Gasteiger partial charge in [0.25, 0.3) is 5.91 Å². The average molecular weight is 653 g/mol. The van der Waals surface area contributed by atoms with Crippen LogP contribution >= 0.6 is 0 Å². The topological polar surface area (TPSA) is 116 Å². The van der Waals surface area contributed by atoms with Gasteiger partial charge in [-0.15, -0.1) is 0 Å². The van der Waals surface area contributed by atoms with E-state index >= 15 is 0 Å². The van der Waals surface area contributed by atoms with Crippen molar-refractivity contribution in [3.05, 3.63) is 53.2 Å². The Bertz CT molecular complexity index is 1720. The van der Waals surface area contributed by atoms with Gasteiger partial charge >= 0.3 is 0 Å². The number of ether oxygens (including phenoxy) is 1. The van der Waals surface area contributed by atoms with Crippen LogP contribution < -0.4 is 14.8 Å². The van der Waals surface area contributed by atoms with E-state index in [9.17, 15) is 18.0 Å². The Hall–Kier alpha value is -3.61. The number of anilines is 2. The second kappa shape index (κ2) is 13.2. The van der Waals surface area contributed by atoms with Crippen molar-refractivity contribution < 1.29 is 22.7 Å². The molecule has 2 fully saturated rings. The maximum absolute atomic E-state index is 13.8. The van der Waals surface area contributed by atoms with Crippen molar-refractivity contribution in [1.29, 1.82) is 0 Å². The van der Waals surface area contributed by atoms with Crippen LogP contribution in [0.3, 0.4) is 0 Å². The molecule has 1 aromatic heterocycles. The molecule has 1 unspecified atom stereocenters. The highest BCUT2D eigenvalue weighted by atomic mass is 32.2. The molecule has 2 saturated heterocycles. The fourth-order valence-corrected chi connectivity index (χ4v) is 7.23. The van der Waals surface area contributed by atoms with Crippen LogP contribution in [-0.2, 0) is 33.8 Å². The van der Waals surface area contributed by atoms with Gasteiger partial charge in [-0.25, -0.2) is 8.42 Å². The monoisotopic (exact) mass is 652 g/mol. The maximum atomic E-state index is 13.8. The van der Waals surface area contributed by atoms with Gasteiger partial charge in [0.1, 0.15) is 5.69 Å². The zero-order valence-electron chi connectivity index (χ0n) is 28.1. The number of amides is 2. The normalized spacial score (nSPS) is 18.5. The molecule has 46 heavy (non-hydrogen) atoms. The van der Waals surface area contributed by atoms with E-state index in [4.69, 9.17) is 4.74 Å². The Balaban J connectivity index is 1.35. The average Bonchev–Trinajstić information content (AvgIpc) is 3.33. The van der Waals surface area contributed by atoms with Crippen LogP contribution in [0.25, 0.3) is 10.9 Å². The van der Waals surface area contributed by atoms with Crippen molar-refractivity contribution in [1.82, 2.24) is 19.3 Å². The number of piperazine rings is 1. The number of hydrogen-bond donors (Lipinski definition) is 2. The first-order valence-corrected chi connectivity index (χ1v) is 17.8. The first-order valence-electron chi connectivity index (χ1n) is 15.9. The molecule has 0 bridgehead atoms. The minimum atomic E-state index is -3.60. The number of sulfonamides is 1. The molecule has 0 aliphatic carbocycles. The molecule has 0 spiro atoms. The van der Waals surface area contributed by atoms with Crippen LogP contribution in [0.2, 0.25) is 0 Å². The predicted molar refractivity (Wildman–Crippen MR) is 183 cm³/mol. The zero-order valence-corrected chi connectivity index (χ0v) is 29.0. The Labute approximate surface area is 272 Å². The number of aromatic nitrogens is 1. The summed E-state index contributed by atoms with van der Waals surface area (Å²) < 4.78 is 34.3. The van der Waals surface area contributed by atoms with Crippen molar-refractivity contribution in [2.75, 3.05) is 69.7 Å². The molecule has 3 aromatic rings. The van der Waals surface area contributed by atoms with Crippen LogP contribution in [0.15, 0.2) is 36.4 Å². The lowest BCUT2D eigenvalue weighted by Crippen LogP contribution is -2.52. The number of fused-ring (bicyclic) bond motifs is 1. The van der Waals surface area contributed by atoms with Gasteiger partial charge in [-0.05, 0) is 61.2 Å². The van der Waals surface area contributed by atoms with Gasteiger partial charge in [0, 0.05) is 51.7 Å². The molecule has 3 heterocycles. The third-order valence-electron chi connectivity index (χ3n) is 9.13. The van der Waals surface area contributed by atoms with Gasteiger partial charge in [0.05, 0.1) is 36.2 Å². The van der Waals surface area contributed by atoms with Crippen molar-refractivity contribution in [2.24, 2.45) is 13.0 Å². The fourth-order valence-electron chi connectivity index (χ4n) is 6.68. The summed E-state index contributed by atoms with van der Waals surface area (Å²) in [5.74, 6) is 0.292. The van der Waals surface area contributed by atoms with Gasteiger partial charge in [-0.2, -0.15) is 0 Å². The smallest absolute Gasteiger partial charge is 0.272 e. The number of aryl methyl sites for hydroxylation is 1. The van der Waals surface area contributed by atoms with Gasteiger partial charge in [0.15, 0.2) is 5.75 Å². The first kappa shape index (κ1) is 33.7. The summed E-state index contributed by atoms with van der Waals surface area (Å²) in [6.07, 6.45) is 3.13. The summed E-state index contributed by atoms with van der Waals surface area (Å²) in [7, 11) is 1.83. The lowest BCUT2D eigenvalue weighted by Gasteiger charge is -2.38. The maximum Gasteiger partial charge on any atom is 0.272 e. The molecule has 2 aliphatic heterocycles. The minimum absolute atomic E-state index is 0.102. The lowest BCUT2D eigenvalue weighted by atomic mass is 9.86. The van der Waals surface area contributed by atoms with E-state index in [1.165, 1.54) is 7.11 Å². The number of rotatable bonds is 8. The molecule has 0 saturated carbocycles. The number of methoxy groups -OCH3 is 1. The van der Waals surface area contributed by atoms with E-state index in [1.54, 1.807) is 6.07 Å². The summed E-state index contributed by atoms with van der Waals surface area (Å²) in [5, 5.41) is 3.95. The third kappa shape index (κ3) is 7.50. The molecule has 2 aliphatic rings. The van der Waals surface area contributed by atoms with Crippen molar-refractivity contribution in [2.45, 2.75) is 45.6 Å². The van der Waals surface area contributed by atoms with E-state index in [-0.39, 0.29) is 34.6 Å². The van der Waals surface area contributed by atoms with Crippen LogP contribution in [0.1, 0.15) is 55.2 Å². The Morgan fingerprint density at radius 3 is 2.33 bits per heavy atom. The summed E-state index contributed by atoms with van der Waals surface area (Å²) in [4.78, 5) is 33.6. The highest BCUT2D eigenvalue weighted by Gasteiger charge is 2.30. The standard InChI is InChI=1S/C34H48N6O5S/c1-34(2,3)26-19-27(31(45-6)28(20-26)36-46(7,43)44)35-32(41)29-18-23-10-8-11-24(30(23)38(29)5)22-39-14-16-40(17-15-39)33(42)25-12-9-13-37(4)21-25/h8,10-11,18-20,25,36H,9,12-17,21-22H2,1-7H3,(H,35,41). The number of nitrogens with one attached hydrogen (secondary N) is 2. The number of piperidine rings is 1. The highest BCUT2D eigenvalue weighted by molar-refractivity contribution is 7.92. The molecule has 12 heteroatoms. The van der Waals surface area contributed by atoms with E-state index in [0.717, 1.165) is 80.4 Å². The molecule has 0 radical (unpaired) electrons. The Kier molecular flexibility index (Phi) is 9.72. The van der Waals surface area contributed by atoms with Crippen molar-refractivity contribution >= 4 is 44.1 Å². The van der Waals surface area contributed by atoms with Crippen LogP contribution in [0, 0.1) is 5.92 Å². The molecule has 2 N–H and O–H groups in total. The summed E-state index contributed by atoms with van der Waals surface area (Å²) in [6, 6.07) is 11.6. The number of carbonyl (C=O) groups is 2. The zero-order chi connectivity index (χ0) is 33.4. The lowest BCUT2D eigenvalue weighted by molar-refractivity contribution is -0.139. The minimum Gasteiger partial charge on any atom is -0.492 e. The largest absolute Gasteiger partial charge is 0.492 e. The molecule has 250 valence electrons. The van der Waals surface area contributed by atoms with Gasteiger partial charge in [-0.3, -0.25) is 19.2 Å². The third-order valence-corrected chi connectivity index (χ3v) is 9.72. The number of likely N-dealkylation sites (tertiary alicyclic amines) is 1. The number of nitrogens with zero attached hydrogens (tertiary/aromatic N) is 4. The molecule has 2 aromatic carbocycles. The highest BCUT2D eigenvalue weighted by Crippen LogP contribution is 2.39. The van der Waals surface area contributed by atoms with E-state index in [2.05, 4.69) is 33.0 Å². The van der Waals surface area contributed by atoms with E-state index in [0.29, 0.717) is 17.9 Å². The molecule has 11 nitrogen and oxygen atoms in total. The number of hydrogen-bond acceptors (Lipinski definition) is 7. The number of benzene rings is 2. The Morgan fingerprint density at radius 2 is 1.70 bits per heavy atom. The first-order chi connectivity index (χ1) is 21.6. The van der Waals surface area contributed by atoms with Crippen molar-refractivity contribution in [3.8, 4) is 5.75 Å². The molecular weight excluding hydrogens is 604 g/mol. The summed E-state index contributed by atoms with van der Waals surface area (Å²) in [5.41, 5.74) is 3.72. The second-order valence-corrected chi connectivity index (χ2v) is 15.6. The SMILES string of the molecule is COc1c(NC(=O)c2cc3cccc(CN4CCN(C(=O)C5CCCN(C)C5)CC4)c3n2C)cc(C(C)(C)C)cc1NS(C)(=O)=O. The molecule has 2 amide bonds. The van der Waals surface area contributed by atoms with E-state index in [1.807, 2.05) is 61.6 Å². The summed E-state index contributed by atoms with van der Waals surface area (Å²) in [6.45, 7) is 11.7.